The highest BCUT2D eigenvalue weighted by Crippen LogP contribution is 2.24. The van der Waals surface area contributed by atoms with Gasteiger partial charge in [0, 0.05) is 11.6 Å². The number of nitrogens with two attached hydrogens (primary N) is 1. The van der Waals surface area contributed by atoms with E-state index in [-0.39, 0.29) is 5.54 Å². The Morgan fingerprint density at radius 1 is 1.26 bits per heavy atom. The highest BCUT2D eigenvalue weighted by molar-refractivity contribution is 5.32. The number of hydrogen-bond donors (Lipinski definition) is 1. The first kappa shape index (κ1) is 14.2. The largest absolute Gasteiger partial charge is 0.497 e. The maximum Gasteiger partial charge on any atom is 0.122 e. The Balaban J connectivity index is 1.79. The molecule has 1 aliphatic rings. The van der Waals surface area contributed by atoms with Crippen molar-refractivity contribution >= 4 is 0 Å². The SMILES string of the molecule is COc1cccc(OCCC2(N)CCN(C)CC2)c1. The Bertz CT molecular complexity index is 401. The molecule has 1 fully saturated rings. The van der Waals surface area contributed by atoms with E-state index >= 15 is 0 Å². The normalized spacial score (nSPS) is 19.1. The van der Waals surface area contributed by atoms with E-state index in [1.807, 2.05) is 24.3 Å². The molecule has 0 spiro atoms. The van der Waals surface area contributed by atoms with E-state index in [0.717, 1.165) is 43.9 Å². The molecule has 106 valence electrons. The fraction of sp³-hybridized carbons (Fsp3) is 0.600. The summed E-state index contributed by atoms with van der Waals surface area (Å²) in [6, 6.07) is 7.69. The lowest BCUT2D eigenvalue weighted by molar-refractivity contribution is 0.159. The van der Waals surface area contributed by atoms with Crippen molar-refractivity contribution in [1.29, 1.82) is 0 Å². The van der Waals surface area contributed by atoms with Crippen LogP contribution in [0.15, 0.2) is 24.3 Å². The van der Waals surface area contributed by atoms with Crippen molar-refractivity contribution in [2.24, 2.45) is 5.73 Å². The lowest BCUT2D eigenvalue weighted by Gasteiger charge is -2.37. The molecular formula is C15H24N2O2. The maximum absolute atomic E-state index is 6.41. The van der Waals surface area contributed by atoms with Gasteiger partial charge in [-0.1, -0.05) is 6.07 Å². The Kier molecular flexibility index (Phi) is 4.66. The third kappa shape index (κ3) is 4.11. The van der Waals surface area contributed by atoms with Gasteiger partial charge in [-0.25, -0.2) is 0 Å². The van der Waals surface area contributed by atoms with E-state index in [1.165, 1.54) is 0 Å². The molecule has 0 saturated carbocycles. The van der Waals surface area contributed by atoms with Gasteiger partial charge in [-0.05, 0) is 51.5 Å². The molecule has 1 heterocycles. The zero-order valence-electron chi connectivity index (χ0n) is 11.9. The molecule has 0 amide bonds. The summed E-state index contributed by atoms with van der Waals surface area (Å²) < 4.78 is 10.9. The van der Waals surface area contributed by atoms with E-state index in [0.29, 0.717) is 6.61 Å². The first-order chi connectivity index (χ1) is 9.11. The monoisotopic (exact) mass is 264 g/mol. The Labute approximate surface area is 115 Å². The summed E-state index contributed by atoms with van der Waals surface area (Å²) in [6.45, 7) is 2.82. The summed E-state index contributed by atoms with van der Waals surface area (Å²) in [5, 5.41) is 0. The van der Waals surface area contributed by atoms with Crippen LogP contribution in [0.4, 0.5) is 0 Å². The third-order valence-electron chi connectivity index (χ3n) is 3.89. The quantitative estimate of drug-likeness (QED) is 0.882. The highest BCUT2D eigenvalue weighted by atomic mass is 16.5. The number of hydrogen-bond acceptors (Lipinski definition) is 4. The molecule has 4 nitrogen and oxygen atoms in total. The van der Waals surface area contributed by atoms with Gasteiger partial charge in [-0.2, -0.15) is 0 Å². The minimum absolute atomic E-state index is 0.0641. The van der Waals surface area contributed by atoms with Gasteiger partial charge in [0.1, 0.15) is 11.5 Å². The van der Waals surface area contributed by atoms with Gasteiger partial charge in [0.05, 0.1) is 13.7 Å². The van der Waals surface area contributed by atoms with Crippen LogP contribution < -0.4 is 15.2 Å². The minimum Gasteiger partial charge on any atom is -0.497 e. The van der Waals surface area contributed by atoms with E-state index < -0.39 is 0 Å². The number of likely N-dealkylation sites (tertiary alicyclic amines) is 1. The summed E-state index contributed by atoms with van der Waals surface area (Å²) in [6.07, 6.45) is 2.99. The van der Waals surface area contributed by atoms with Crippen molar-refractivity contribution in [2.45, 2.75) is 24.8 Å². The van der Waals surface area contributed by atoms with E-state index in [1.54, 1.807) is 7.11 Å². The van der Waals surface area contributed by atoms with Crippen molar-refractivity contribution in [3.8, 4) is 11.5 Å². The van der Waals surface area contributed by atoms with Crippen LogP contribution in [0.25, 0.3) is 0 Å². The number of ether oxygens (including phenoxy) is 2. The second-order valence-corrected chi connectivity index (χ2v) is 5.44. The number of rotatable bonds is 5. The predicted molar refractivity (Wildman–Crippen MR) is 76.8 cm³/mol. The van der Waals surface area contributed by atoms with Gasteiger partial charge in [0.15, 0.2) is 0 Å². The molecule has 4 heteroatoms. The molecule has 0 aromatic heterocycles. The number of benzene rings is 1. The van der Waals surface area contributed by atoms with Gasteiger partial charge in [0.2, 0.25) is 0 Å². The molecule has 1 aromatic carbocycles. The zero-order valence-corrected chi connectivity index (χ0v) is 11.9. The number of piperidine rings is 1. The van der Waals surface area contributed by atoms with Crippen LogP contribution in [0.3, 0.4) is 0 Å². The summed E-state index contributed by atoms with van der Waals surface area (Å²) in [5.41, 5.74) is 6.35. The molecule has 0 unspecified atom stereocenters. The highest BCUT2D eigenvalue weighted by Gasteiger charge is 2.29. The van der Waals surface area contributed by atoms with Crippen molar-refractivity contribution in [3.05, 3.63) is 24.3 Å². The van der Waals surface area contributed by atoms with E-state index in [2.05, 4.69) is 11.9 Å². The second kappa shape index (κ2) is 6.26. The molecule has 19 heavy (non-hydrogen) atoms. The second-order valence-electron chi connectivity index (χ2n) is 5.44. The fourth-order valence-corrected chi connectivity index (χ4v) is 2.38. The molecule has 1 aliphatic heterocycles. The van der Waals surface area contributed by atoms with Crippen LogP contribution >= 0.6 is 0 Å². The fourth-order valence-electron chi connectivity index (χ4n) is 2.38. The average Bonchev–Trinajstić information content (AvgIpc) is 2.43. The lowest BCUT2D eigenvalue weighted by atomic mass is 9.86. The summed E-state index contributed by atoms with van der Waals surface area (Å²) in [5.74, 6) is 1.66. The zero-order chi connectivity index (χ0) is 13.7. The lowest BCUT2D eigenvalue weighted by Crippen LogP contribution is -2.50. The molecular weight excluding hydrogens is 240 g/mol. The number of methoxy groups -OCH3 is 1. The molecule has 0 aliphatic carbocycles. The smallest absolute Gasteiger partial charge is 0.122 e. The molecule has 0 atom stereocenters. The van der Waals surface area contributed by atoms with Crippen LogP contribution in [0.2, 0.25) is 0 Å². The molecule has 0 radical (unpaired) electrons. The van der Waals surface area contributed by atoms with Gasteiger partial charge in [-0.3, -0.25) is 0 Å². The van der Waals surface area contributed by atoms with Gasteiger partial charge in [0.25, 0.3) is 0 Å². The summed E-state index contributed by atoms with van der Waals surface area (Å²) in [7, 11) is 3.80. The van der Waals surface area contributed by atoms with E-state index in [9.17, 15) is 0 Å². The average molecular weight is 264 g/mol. The maximum atomic E-state index is 6.41. The third-order valence-corrected chi connectivity index (χ3v) is 3.89. The molecule has 1 aromatic rings. The van der Waals surface area contributed by atoms with Crippen LogP contribution in [0.5, 0.6) is 11.5 Å². The molecule has 0 bridgehead atoms. The molecule has 2 rings (SSSR count). The molecule has 1 saturated heterocycles. The minimum atomic E-state index is -0.0641. The summed E-state index contributed by atoms with van der Waals surface area (Å²) >= 11 is 0. The Morgan fingerprint density at radius 3 is 2.63 bits per heavy atom. The summed E-state index contributed by atoms with van der Waals surface area (Å²) in [4.78, 5) is 2.33. The van der Waals surface area contributed by atoms with Crippen molar-refractivity contribution < 1.29 is 9.47 Å². The topological polar surface area (TPSA) is 47.7 Å². The molecule has 2 N–H and O–H groups in total. The van der Waals surface area contributed by atoms with Gasteiger partial charge < -0.3 is 20.1 Å². The Hall–Kier alpha value is -1.26. The number of nitrogens with zero attached hydrogens (tertiary/aromatic N) is 1. The van der Waals surface area contributed by atoms with Crippen LogP contribution in [-0.2, 0) is 0 Å². The van der Waals surface area contributed by atoms with Crippen molar-refractivity contribution in [2.75, 3.05) is 33.9 Å². The van der Waals surface area contributed by atoms with Crippen molar-refractivity contribution in [1.82, 2.24) is 4.90 Å². The standard InChI is InChI=1S/C15H24N2O2/c1-17-9-6-15(16,7-10-17)8-11-19-14-5-3-4-13(12-14)18-2/h3-5,12H,6-11,16H2,1-2H3. The van der Waals surface area contributed by atoms with Crippen LogP contribution in [0.1, 0.15) is 19.3 Å². The van der Waals surface area contributed by atoms with Gasteiger partial charge in [-0.15, -0.1) is 0 Å². The first-order valence-electron chi connectivity index (χ1n) is 6.86. The Morgan fingerprint density at radius 2 is 1.95 bits per heavy atom. The predicted octanol–water partition coefficient (Wildman–Crippen LogP) is 1.89. The van der Waals surface area contributed by atoms with E-state index in [4.69, 9.17) is 15.2 Å². The first-order valence-corrected chi connectivity index (χ1v) is 6.86. The van der Waals surface area contributed by atoms with Crippen LogP contribution in [-0.4, -0.2) is 44.3 Å². The van der Waals surface area contributed by atoms with Crippen LogP contribution in [0, 0.1) is 0 Å². The van der Waals surface area contributed by atoms with Gasteiger partial charge >= 0.3 is 0 Å². The van der Waals surface area contributed by atoms with Crippen molar-refractivity contribution in [3.63, 3.8) is 0 Å².